The number of aromatic nitrogens is 5. The lowest BCUT2D eigenvalue weighted by molar-refractivity contribution is -0.768. The molecule has 4 N–H and O–H groups in total. The summed E-state index contributed by atoms with van der Waals surface area (Å²) in [4.78, 5) is 13.2. The van der Waals surface area contributed by atoms with Crippen LogP contribution in [0.1, 0.15) is 16.8 Å². The van der Waals surface area contributed by atoms with E-state index < -0.39 is 0 Å². The van der Waals surface area contributed by atoms with Gasteiger partial charge < -0.3 is 11.5 Å². The SMILES string of the molecule is N#Cc1cccc(-c2nc(N)nc3c2c[n+]2n3Cc3ccc(N)cc3C2)n1. The third-order valence-electron chi connectivity index (χ3n) is 4.76. The molecule has 0 bridgehead atoms. The van der Waals surface area contributed by atoms with Crippen molar-refractivity contribution in [3.63, 3.8) is 0 Å². The number of hydrogen-bond donors (Lipinski definition) is 2. The van der Waals surface area contributed by atoms with E-state index in [0.29, 0.717) is 30.2 Å². The standard InChI is InChI=1S/C19H14N8/c20-7-14-2-1-3-16(23-14)17-15-10-26-8-12-6-13(21)5-4-11(12)9-27(26)18(15)25-19(22)24-17/h1-6,10,22H,8-9,21H2/p+1. The summed E-state index contributed by atoms with van der Waals surface area (Å²) in [5, 5.41) is 9.98. The first kappa shape index (κ1) is 15.3. The number of nitrogen functional groups attached to an aromatic ring is 2. The molecule has 0 unspecified atom stereocenters. The zero-order valence-corrected chi connectivity index (χ0v) is 14.3. The molecule has 0 amide bonds. The van der Waals surface area contributed by atoms with Crippen LogP contribution >= 0.6 is 0 Å². The predicted octanol–water partition coefficient (Wildman–Crippen LogP) is 1.23. The monoisotopic (exact) mass is 355 g/mol. The Morgan fingerprint density at radius 1 is 1.07 bits per heavy atom. The van der Waals surface area contributed by atoms with Gasteiger partial charge in [0.05, 0.1) is 5.69 Å². The topological polar surface area (TPSA) is 123 Å². The van der Waals surface area contributed by atoms with Crippen LogP contribution in [0.3, 0.4) is 0 Å². The first-order valence-corrected chi connectivity index (χ1v) is 8.43. The van der Waals surface area contributed by atoms with Gasteiger partial charge in [-0.2, -0.15) is 10.2 Å². The second kappa shape index (κ2) is 5.51. The number of hydrogen-bond acceptors (Lipinski definition) is 6. The molecule has 8 heteroatoms. The van der Waals surface area contributed by atoms with E-state index in [0.717, 1.165) is 16.7 Å². The molecular weight excluding hydrogens is 340 g/mol. The zero-order valence-electron chi connectivity index (χ0n) is 14.3. The molecule has 4 heterocycles. The third-order valence-corrected chi connectivity index (χ3v) is 4.76. The lowest BCUT2D eigenvalue weighted by atomic mass is 10.1. The summed E-state index contributed by atoms with van der Waals surface area (Å²) in [6, 6.07) is 13.3. The van der Waals surface area contributed by atoms with Crippen molar-refractivity contribution in [1.82, 2.24) is 19.6 Å². The summed E-state index contributed by atoms with van der Waals surface area (Å²) in [6.07, 6.45) is 2.00. The smallest absolute Gasteiger partial charge is 0.222 e. The molecule has 0 radical (unpaired) electrons. The van der Waals surface area contributed by atoms with Crippen LogP contribution in [0.5, 0.6) is 0 Å². The minimum atomic E-state index is 0.172. The van der Waals surface area contributed by atoms with Gasteiger partial charge in [0.2, 0.25) is 17.8 Å². The van der Waals surface area contributed by atoms with Crippen molar-refractivity contribution in [2.75, 3.05) is 11.5 Å². The molecule has 1 aliphatic heterocycles. The van der Waals surface area contributed by atoms with E-state index in [1.54, 1.807) is 12.1 Å². The molecule has 0 saturated heterocycles. The van der Waals surface area contributed by atoms with Gasteiger partial charge in [0.25, 0.3) is 0 Å². The maximum atomic E-state index is 9.14. The number of nitrogens with two attached hydrogens (primary N) is 2. The van der Waals surface area contributed by atoms with E-state index in [2.05, 4.69) is 30.4 Å². The van der Waals surface area contributed by atoms with E-state index in [9.17, 15) is 0 Å². The van der Waals surface area contributed by atoms with Gasteiger partial charge in [-0.05, 0) is 29.8 Å². The third kappa shape index (κ3) is 2.37. The van der Waals surface area contributed by atoms with Crippen molar-refractivity contribution in [2.24, 2.45) is 0 Å². The number of anilines is 2. The summed E-state index contributed by atoms with van der Waals surface area (Å²) in [5.41, 5.74) is 17.3. The van der Waals surface area contributed by atoms with Crippen LogP contribution in [-0.4, -0.2) is 19.6 Å². The normalized spacial score (nSPS) is 12.4. The molecule has 0 fully saturated rings. The number of nitrogens with zero attached hydrogens (tertiary/aromatic N) is 6. The molecule has 27 heavy (non-hydrogen) atoms. The number of rotatable bonds is 1. The molecule has 4 aromatic rings. The molecule has 1 aromatic carbocycles. The maximum absolute atomic E-state index is 9.14. The van der Waals surface area contributed by atoms with Gasteiger partial charge in [-0.3, -0.25) is 0 Å². The van der Waals surface area contributed by atoms with E-state index in [-0.39, 0.29) is 5.95 Å². The van der Waals surface area contributed by atoms with Gasteiger partial charge in [0.15, 0.2) is 6.54 Å². The van der Waals surface area contributed by atoms with Gasteiger partial charge >= 0.3 is 0 Å². The summed E-state index contributed by atoms with van der Waals surface area (Å²) < 4.78 is 4.15. The van der Waals surface area contributed by atoms with Crippen molar-refractivity contribution in [3.05, 3.63) is 59.4 Å². The molecular formula is C19H15N8+. The molecule has 5 rings (SSSR count). The fourth-order valence-electron chi connectivity index (χ4n) is 3.53. The molecule has 3 aromatic heterocycles. The zero-order chi connectivity index (χ0) is 18.5. The Bertz CT molecular complexity index is 1260. The Morgan fingerprint density at radius 2 is 1.96 bits per heavy atom. The van der Waals surface area contributed by atoms with Crippen LogP contribution in [0.2, 0.25) is 0 Å². The average molecular weight is 355 g/mol. The van der Waals surface area contributed by atoms with Crippen molar-refractivity contribution < 1.29 is 4.68 Å². The Morgan fingerprint density at radius 3 is 2.81 bits per heavy atom. The van der Waals surface area contributed by atoms with Crippen molar-refractivity contribution in [3.8, 4) is 17.5 Å². The Hall–Kier alpha value is -3.99. The molecule has 0 aliphatic carbocycles. The fourth-order valence-corrected chi connectivity index (χ4v) is 3.53. The van der Waals surface area contributed by atoms with Gasteiger partial charge in [-0.25, -0.2) is 9.97 Å². The largest absolute Gasteiger partial charge is 0.399 e. The second-order valence-corrected chi connectivity index (χ2v) is 6.50. The summed E-state index contributed by atoms with van der Waals surface area (Å²) >= 11 is 0. The highest BCUT2D eigenvalue weighted by atomic mass is 15.4. The van der Waals surface area contributed by atoms with Gasteiger partial charge in [0, 0.05) is 11.3 Å². The predicted molar refractivity (Wildman–Crippen MR) is 99.1 cm³/mol. The lowest BCUT2D eigenvalue weighted by Crippen LogP contribution is -2.46. The van der Waals surface area contributed by atoms with Crippen molar-refractivity contribution >= 4 is 22.7 Å². The van der Waals surface area contributed by atoms with Crippen LogP contribution in [0, 0.1) is 11.3 Å². The number of benzene rings is 1. The van der Waals surface area contributed by atoms with Gasteiger partial charge in [-0.1, -0.05) is 12.1 Å². The fraction of sp³-hybridized carbons (Fsp3) is 0.105. The molecule has 8 nitrogen and oxygen atoms in total. The quantitative estimate of drug-likeness (QED) is 0.344. The number of nitriles is 1. The van der Waals surface area contributed by atoms with Gasteiger partial charge in [0.1, 0.15) is 29.4 Å². The van der Waals surface area contributed by atoms with Crippen molar-refractivity contribution in [1.29, 1.82) is 5.26 Å². The van der Waals surface area contributed by atoms with E-state index in [1.807, 2.05) is 30.5 Å². The molecule has 130 valence electrons. The van der Waals surface area contributed by atoms with Crippen molar-refractivity contribution in [2.45, 2.75) is 13.1 Å². The van der Waals surface area contributed by atoms with Crippen LogP contribution in [0.15, 0.2) is 42.6 Å². The lowest BCUT2D eigenvalue weighted by Gasteiger charge is -2.14. The first-order valence-electron chi connectivity index (χ1n) is 8.43. The summed E-state index contributed by atoms with van der Waals surface area (Å²) in [6.45, 7) is 1.35. The Labute approximate surface area is 154 Å². The van der Waals surface area contributed by atoms with Crippen LogP contribution < -0.4 is 16.1 Å². The van der Waals surface area contributed by atoms with E-state index in [1.165, 1.54) is 11.1 Å². The van der Waals surface area contributed by atoms with Gasteiger partial charge in [-0.15, -0.1) is 9.36 Å². The van der Waals surface area contributed by atoms with Crippen LogP contribution in [0.25, 0.3) is 22.4 Å². The summed E-state index contributed by atoms with van der Waals surface area (Å²) in [5.74, 6) is 0.172. The van der Waals surface area contributed by atoms with Crippen LogP contribution in [0.4, 0.5) is 11.6 Å². The van der Waals surface area contributed by atoms with Crippen LogP contribution in [-0.2, 0) is 13.1 Å². The highest BCUT2D eigenvalue weighted by Crippen LogP contribution is 2.27. The number of pyridine rings is 1. The molecule has 0 spiro atoms. The second-order valence-electron chi connectivity index (χ2n) is 6.50. The van der Waals surface area contributed by atoms with E-state index in [4.69, 9.17) is 16.7 Å². The maximum Gasteiger partial charge on any atom is 0.222 e. The minimum absolute atomic E-state index is 0.172. The average Bonchev–Trinajstić information content (AvgIpc) is 3.03. The summed E-state index contributed by atoms with van der Waals surface area (Å²) in [7, 11) is 0. The highest BCUT2D eigenvalue weighted by Gasteiger charge is 2.27. The van der Waals surface area contributed by atoms with E-state index >= 15 is 0 Å². The number of fused-ring (bicyclic) bond motifs is 4. The Balaban J connectivity index is 1.73. The minimum Gasteiger partial charge on any atom is -0.399 e. The highest BCUT2D eigenvalue weighted by molar-refractivity contribution is 5.89. The first-order chi connectivity index (χ1) is 13.1. The molecule has 0 atom stereocenters. The Kier molecular flexibility index (Phi) is 3.12. The molecule has 0 saturated carbocycles. The molecule has 1 aliphatic rings.